The SMILES string of the molecule is Nc1ncnc2cc(CN3CCN(C(=O)Cc4ccc(Cl)s4)CC3C=O)ccc12. The number of nitrogens with zero attached hydrogens (tertiary/aromatic N) is 4. The lowest BCUT2D eigenvalue weighted by molar-refractivity contribution is -0.134. The summed E-state index contributed by atoms with van der Waals surface area (Å²) in [6.07, 6.45) is 2.68. The highest BCUT2D eigenvalue weighted by molar-refractivity contribution is 7.16. The van der Waals surface area contributed by atoms with Crippen LogP contribution in [0.25, 0.3) is 10.9 Å². The lowest BCUT2D eigenvalue weighted by Gasteiger charge is -2.39. The quantitative estimate of drug-likeness (QED) is 0.626. The molecule has 0 saturated carbocycles. The predicted octanol–water partition coefficient (Wildman–Crippen LogP) is 2.38. The predicted molar refractivity (Wildman–Crippen MR) is 114 cm³/mol. The second kappa shape index (κ2) is 8.44. The van der Waals surface area contributed by atoms with Gasteiger partial charge in [-0.25, -0.2) is 9.97 Å². The van der Waals surface area contributed by atoms with Gasteiger partial charge in [0.25, 0.3) is 0 Å². The van der Waals surface area contributed by atoms with E-state index in [9.17, 15) is 9.59 Å². The Balaban J connectivity index is 1.42. The first-order valence-corrected chi connectivity index (χ1v) is 10.4. The molecule has 0 spiro atoms. The van der Waals surface area contributed by atoms with Crippen molar-refractivity contribution in [3.63, 3.8) is 0 Å². The Bertz CT molecular complexity index is 1060. The van der Waals surface area contributed by atoms with Gasteiger partial charge < -0.3 is 15.4 Å². The summed E-state index contributed by atoms with van der Waals surface area (Å²) in [5.41, 5.74) is 7.70. The number of fused-ring (bicyclic) bond motifs is 1. The van der Waals surface area contributed by atoms with E-state index in [0.29, 0.717) is 42.8 Å². The number of carbonyl (C=O) groups excluding carboxylic acids is 2. The molecule has 0 aliphatic carbocycles. The molecule has 3 heterocycles. The van der Waals surface area contributed by atoms with Crippen LogP contribution in [0.5, 0.6) is 0 Å². The Morgan fingerprint density at radius 1 is 1.28 bits per heavy atom. The first kappa shape index (κ1) is 19.8. The van der Waals surface area contributed by atoms with E-state index in [-0.39, 0.29) is 11.9 Å². The number of carbonyl (C=O) groups is 2. The summed E-state index contributed by atoms with van der Waals surface area (Å²) in [5, 5.41) is 0.812. The summed E-state index contributed by atoms with van der Waals surface area (Å²) < 4.78 is 0.672. The third kappa shape index (κ3) is 4.39. The molecule has 1 fully saturated rings. The molecule has 150 valence electrons. The van der Waals surface area contributed by atoms with Gasteiger partial charge in [0.15, 0.2) is 0 Å². The van der Waals surface area contributed by atoms with E-state index in [0.717, 1.165) is 27.6 Å². The molecule has 0 radical (unpaired) electrons. The zero-order valence-corrected chi connectivity index (χ0v) is 17.2. The number of aromatic nitrogens is 2. The number of hydrogen-bond donors (Lipinski definition) is 1. The number of aldehydes is 1. The van der Waals surface area contributed by atoms with Crippen molar-refractivity contribution in [1.82, 2.24) is 19.8 Å². The number of amides is 1. The summed E-state index contributed by atoms with van der Waals surface area (Å²) in [6.45, 7) is 2.21. The molecule has 1 aliphatic rings. The molecule has 4 rings (SSSR count). The molecular weight excluding hydrogens is 410 g/mol. The van der Waals surface area contributed by atoms with Crippen LogP contribution in [-0.4, -0.2) is 57.6 Å². The second-order valence-corrected chi connectivity index (χ2v) is 8.81. The number of hydrogen-bond acceptors (Lipinski definition) is 7. The number of nitrogens with two attached hydrogens (primary N) is 1. The zero-order valence-electron chi connectivity index (χ0n) is 15.6. The fourth-order valence-electron chi connectivity index (χ4n) is 3.56. The Morgan fingerprint density at radius 3 is 2.90 bits per heavy atom. The molecule has 2 N–H and O–H groups in total. The van der Waals surface area contributed by atoms with Crippen molar-refractivity contribution in [2.24, 2.45) is 0 Å². The van der Waals surface area contributed by atoms with E-state index in [1.54, 1.807) is 11.0 Å². The molecule has 7 nitrogen and oxygen atoms in total. The highest BCUT2D eigenvalue weighted by Gasteiger charge is 2.29. The van der Waals surface area contributed by atoms with Crippen LogP contribution in [0.4, 0.5) is 5.82 Å². The lowest BCUT2D eigenvalue weighted by Crippen LogP contribution is -2.55. The number of thiophene rings is 1. The Labute approximate surface area is 177 Å². The van der Waals surface area contributed by atoms with Crippen molar-refractivity contribution < 1.29 is 9.59 Å². The van der Waals surface area contributed by atoms with E-state index >= 15 is 0 Å². The van der Waals surface area contributed by atoms with Crippen molar-refractivity contribution in [2.75, 3.05) is 25.4 Å². The van der Waals surface area contributed by atoms with Crippen molar-refractivity contribution in [2.45, 2.75) is 19.0 Å². The molecule has 9 heteroatoms. The first-order chi connectivity index (χ1) is 14.0. The smallest absolute Gasteiger partial charge is 0.227 e. The highest BCUT2D eigenvalue weighted by atomic mass is 35.5. The minimum absolute atomic E-state index is 0.0212. The average molecular weight is 430 g/mol. The Kier molecular flexibility index (Phi) is 5.75. The normalized spacial score (nSPS) is 17.6. The van der Waals surface area contributed by atoms with Gasteiger partial charge in [-0.3, -0.25) is 9.69 Å². The van der Waals surface area contributed by atoms with E-state index in [4.69, 9.17) is 17.3 Å². The van der Waals surface area contributed by atoms with Gasteiger partial charge in [0.2, 0.25) is 5.91 Å². The molecule has 1 saturated heterocycles. The van der Waals surface area contributed by atoms with Crippen molar-refractivity contribution in [3.05, 3.63) is 51.4 Å². The average Bonchev–Trinajstić information content (AvgIpc) is 3.13. The van der Waals surface area contributed by atoms with E-state index < -0.39 is 0 Å². The molecule has 29 heavy (non-hydrogen) atoms. The van der Waals surface area contributed by atoms with Gasteiger partial charge in [-0.15, -0.1) is 11.3 Å². The number of rotatable bonds is 5. The van der Waals surface area contributed by atoms with Crippen LogP contribution in [0.1, 0.15) is 10.4 Å². The molecule has 2 aromatic heterocycles. The van der Waals surface area contributed by atoms with Crippen LogP contribution in [-0.2, 0) is 22.6 Å². The molecule has 0 bridgehead atoms. The second-order valence-electron chi connectivity index (χ2n) is 7.01. The maximum Gasteiger partial charge on any atom is 0.227 e. The maximum atomic E-state index is 12.6. The van der Waals surface area contributed by atoms with Crippen molar-refractivity contribution in [1.29, 1.82) is 0 Å². The number of anilines is 1. The number of nitrogen functional groups attached to an aromatic ring is 1. The van der Waals surface area contributed by atoms with E-state index in [1.807, 2.05) is 24.3 Å². The maximum absolute atomic E-state index is 12.6. The molecule has 3 aromatic rings. The summed E-state index contributed by atoms with van der Waals surface area (Å²) in [6, 6.07) is 9.17. The van der Waals surface area contributed by atoms with Gasteiger partial charge in [-0.2, -0.15) is 0 Å². The largest absolute Gasteiger partial charge is 0.383 e. The summed E-state index contributed by atoms with van der Waals surface area (Å²) in [7, 11) is 0. The van der Waals surface area contributed by atoms with Gasteiger partial charge in [0, 0.05) is 36.4 Å². The molecule has 1 atom stereocenters. The number of benzene rings is 1. The molecule has 1 aliphatic heterocycles. The van der Waals surface area contributed by atoms with Crippen LogP contribution >= 0.6 is 22.9 Å². The molecule has 1 aromatic carbocycles. The minimum atomic E-state index is -0.342. The van der Waals surface area contributed by atoms with Gasteiger partial charge in [0.05, 0.1) is 22.3 Å². The number of piperazine rings is 1. The van der Waals surface area contributed by atoms with Gasteiger partial charge >= 0.3 is 0 Å². The standard InChI is InChI=1S/C20H20ClN5O2S/c21-18-4-2-15(29-18)8-19(28)26-6-5-25(14(10-26)11-27)9-13-1-3-16-17(7-13)23-12-24-20(16)22/h1-4,7,11-12,14H,5-6,8-10H2,(H2,22,23,24). The molecular formula is C20H20ClN5O2S. The summed E-state index contributed by atoms with van der Waals surface area (Å²) >= 11 is 7.35. The van der Waals surface area contributed by atoms with Gasteiger partial charge in [-0.05, 0) is 29.8 Å². The summed E-state index contributed by atoms with van der Waals surface area (Å²) in [4.78, 5) is 37.4. The van der Waals surface area contributed by atoms with Crippen LogP contribution in [0, 0.1) is 0 Å². The van der Waals surface area contributed by atoms with Crippen molar-refractivity contribution in [3.8, 4) is 0 Å². The summed E-state index contributed by atoms with van der Waals surface area (Å²) in [5.74, 6) is 0.472. The van der Waals surface area contributed by atoms with Crippen LogP contribution < -0.4 is 5.73 Å². The fourth-order valence-corrected chi connectivity index (χ4v) is 4.64. The van der Waals surface area contributed by atoms with Gasteiger partial charge in [-0.1, -0.05) is 17.7 Å². The van der Waals surface area contributed by atoms with Crippen molar-refractivity contribution >= 4 is 51.9 Å². The first-order valence-electron chi connectivity index (χ1n) is 9.24. The topological polar surface area (TPSA) is 92.4 Å². The highest BCUT2D eigenvalue weighted by Crippen LogP contribution is 2.23. The van der Waals surface area contributed by atoms with Crippen LogP contribution in [0.2, 0.25) is 4.34 Å². The third-order valence-corrected chi connectivity index (χ3v) is 6.35. The van der Waals surface area contributed by atoms with E-state index in [2.05, 4.69) is 14.9 Å². The van der Waals surface area contributed by atoms with E-state index in [1.165, 1.54) is 17.7 Å². The Hall–Kier alpha value is -2.55. The van der Waals surface area contributed by atoms with Crippen LogP contribution in [0.15, 0.2) is 36.7 Å². The molecule has 1 amide bonds. The van der Waals surface area contributed by atoms with Crippen LogP contribution in [0.3, 0.4) is 0 Å². The third-order valence-electron chi connectivity index (χ3n) is 5.12. The van der Waals surface area contributed by atoms with Gasteiger partial charge in [0.1, 0.15) is 18.4 Å². The lowest BCUT2D eigenvalue weighted by atomic mass is 10.1. The zero-order chi connectivity index (χ0) is 20.4. The fraction of sp³-hybridized carbons (Fsp3) is 0.300. The minimum Gasteiger partial charge on any atom is -0.383 e. The monoisotopic (exact) mass is 429 g/mol. The molecule has 1 unspecified atom stereocenters. The Morgan fingerprint density at radius 2 is 2.14 bits per heavy atom. The number of halogens is 1.